The van der Waals surface area contributed by atoms with Gasteiger partial charge in [0.05, 0.1) is 11.4 Å². The third kappa shape index (κ3) is 2.97. The van der Waals surface area contributed by atoms with E-state index >= 15 is 0 Å². The largest absolute Gasteiger partial charge is 0.399 e. The summed E-state index contributed by atoms with van der Waals surface area (Å²) in [6, 6.07) is 3.17. The molecule has 2 rings (SSSR count). The fraction of sp³-hybridized carbons (Fsp3) is 0.333. The molecular weight excluding hydrogens is 280 g/mol. The molecule has 0 radical (unpaired) electrons. The number of aromatic nitrogens is 2. The Kier molecular flexibility index (Phi) is 3.78. The van der Waals surface area contributed by atoms with Crippen molar-refractivity contribution in [1.82, 2.24) is 14.9 Å². The van der Waals surface area contributed by atoms with Gasteiger partial charge in [0.1, 0.15) is 0 Å². The molecule has 0 saturated carbocycles. The molecule has 0 unspecified atom stereocenters. The van der Waals surface area contributed by atoms with Gasteiger partial charge in [-0.2, -0.15) is 4.98 Å². The van der Waals surface area contributed by atoms with Crippen molar-refractivity contribution >= 4 is 15.7 Å². The van der Waals surface area contributed by atoms with Crippen molar-refractivity contribution in [2.75, 3.05) is 5.73 Å². The lowest BCUT2D eigenvalue weighted by atomic mass is 10.1. The van der Waals surface area contributed by atoms with E-state index in [1.807, 2.05) is 6.92 Å². The van der Waals surface area contributed by atoms with Gasteiger partial charge in [-0.05, 0) is 37.1 Å². The number of sulfonamides is 1. The van der Waals surface area contributed by atoms with E-state index in [0.29, 0.717) is 17.1 Å². The Balaban J connectivity index is 2.27. The molecule has 1 aromatic carbocycles. The normalized spacial score (nSPS) is 11.8. The Hall–Kier alpha value is -1.93. The van der Waals surface area contributed by atoms with E-state index in [9.17, 15) is 8.42 Å². The molecule has 1 aromatic heterocycles. The zero-order chi connectivity index (χ0) is 14.9. The number of nitrogens with one attached hydrogen (secondary N) is 1. The quantitative estimate of drug-likeness (QED) is 0.816. The second-order valence-corrected chi connectivity index (χ2v) is 6.25. The average molecular weight is 296 g/mol. The molecule has 0 aliphatic rings. The summed E-state index contributed by atoms with van der Waals surface area (Å²) in [5, 5.41) is 3.63. The predicted molar refractivity (Wildman–Crippen MR) is 73.4 cm³/mol. The van der Waals surface area contributed by atoms with Crippen LogP contribution in [-0.4, -0.2) is 18.6 Å². The summed E-state index contributed by atoms with van der Waals surface area (Å²) < 4.78 is 31.8. The van der Waals surface area contributed by atoms with E-state index < -0.39 is 10.0 Å². The van der Waals surface area contributed by atoms with E-state index in [2.05, 4.69) is 14.9 Å². The minimum atomic E-state index is -3.68. The van der Waals surface area contributed by atoms with Crippen LogP contribution in [-0.2, 0) is 16.6 Å². The topological polar surface area (TPSA) is 111 Å². The molecule has 0 saturated heterocycles. The van der Waals surface area contributed by atoms with E-state index in [0.717, 1.165) is 5.56 Å². The first-order valence-corrected chi connectivity index (χ1v) is 7.43. The highest BCUT2D eigenvalue weighted by Crippen LogP contribution is 2.22. The first-order chi connectivity index (χ1) is 9.29. The Morgan fingerprint density at radius 1 is 1.30 bits per heavy atom. The first-order valence-electron chi connectivity index (χ1n) is 5.95. The Labute approximate surface area is 117 Å². The molecular formula is C12H16N4O3S. The van der Waals surface area contributed by atoms with Crippen LogP contribution in [0.25, 0.3) is 0 Å². The second kappa shape index (κ2) is 5.22. The van der Waals surface area contributed by atoms with Gasteiger partial charge in [-0.25, -0.2) is 13.1 Å². The molecule has 7 nitrogen and oxygen atoms in total. The Morgan fingerprint density at radius 3 is 2.60 bits per heavy atom. The third-order valence-electron chi connectivity index (χ3n) is 2.92. The van der Waals surface area contributed by atoms with E-state index in [1.54, 1.807) is 19.9 Å². The first kappa shape index (κ1) is 14.5. The van der Waals surface area contributed by atoms with Gasteiger partial charge in [-0.3, -0.25) is 0 Å². The zero-order valence-corrected chi connectivity index (χ0v) is 12.3. The van der Waals surface area contributed by atoms with Crippen LogP contribution >= 0.6 is 0 Å². The molecule has 108 valence electrons. The summed E-state index contributed by atoms with van der Waals surface area (Å²) in [5.74, 6) is 0.666. The summed E-state index contributed by atoms with van der Waals surface area (Å²) >= 11 is 0. The molecule has 0 aliphatic heterocycles. The summed E-state index contributed by atoms with van der Waals surface area (Å²) in [6.45, 7) is 5.15. The number of nitrogens with two attached hydrogens (primary N) is 1. The minimum Gasteiger partial charge on any atom is -0.399 e. The van der Waals surface area contributed by atoms with Crippen LogP contribution in [0.2, 0.25) is 0 Å². The summed E-state index contributed by atoms with van der Waals surface area (Å²) in [5.41, 5.74) is 7.59. The number of nitrogen functional groups attached to an aromatic ring is 1. The van der Waals surface area contributed by atoms with Gasteiger partial charge in [-0.1, -0.05) is 5.16 Å². The smallest absolute Gasteiger partial charge is 0.241 e. The van der Waals surface area contributed by atoms with E-state index in [-0.39, 0.29) is 17.3 Å². The van der Waals surface area contributed by atoms with Crippen LogP contribution in [0.1, 0.15) is 22.8 Å². The molecule has 0 atom stereocenters. The van der Waals surface area contributed by atoms with Crippen molar-refractivity contribution < 1.29 is 12.9 Å². The fourth-order valence-electron chi connectivity index (χ4n) is 1.78. The van der Waals surface area contributed by atoms with Crippen LogP contribution in [0.3, 0.4) is 0 Å². The van der Waals surface area contributed by atoms with Crippen molar-refractivity contribution in [3.8, 4) is 0 Å². The molecule has 0 fully saturated rings. The van der Waals surface area contributed by atoms with Crippen LogP contribution in [0, 0.1) is 20.8 Å². The van der Waals surface area contributed by atoms with Crippen LogP contribution in [0.15, 0.2) is 21.6 Å². The Morgan fingerprint density at radius 2 is 2.00 bits per heavy atom. The molecule has 8 heteroatoms. The average Bonchev–Trinajstić information content (AvgIpc) is 2.77. The number of rotatable bonds is 4. The van der Waals surface area contributed by atoms with Gasteiger partial charge < -0.3 is 10.3 Å². The number of hydrogen-bond donors (Lipinski definition) is 2. The van der Waals surface area contributed by atoms with Gasteiger partial charge in [0.25, 0.3) is 0 Å². The molecule has 1 heterocycles. The Bertz CT molecular complexity index is 737. The molecule has 2 aromatic rings. The van der Waals surface area contributed by atoms with Gasteiger partial charge in [0.2, 0.25) is 15.9 Å². The maximum atomic E-state index is 12.3. The second-order valence-electron chi connectivity index (χ2n) is 4.52. The number of aryl methyl sites for hydroxylation is 2. The highest BCUT2D eigenvalue weighted by Gasteiger charge is 2.19. The van der Waals surface area contributed by atoms with E-state index in [1.165, 1.54) is 6.07 Å². The van der Waals surface area contributed by atoms with Crippen LogP contribution < -0.4 is 10.5 Å². The minimum absolute atomic E-state index is 0.0348. The summed E-state index contributed by atoms with van der Waals surface area (Å²) in [4.78, 5) is 4.10. The third-order valence-corrected chi connectivity index (χ3v) is 4.45. The molecule has 0 spiro atoms. The summed E-state index contributed by atoms with van der Waals surface area (Å²) in [7, 11) is -3.68. The molecule has 0 amide bonds. The lowest BCUT2D eigenvalue weighted by Crippen LogP contribution is -2.25. The van der Waals surface area contributed by atoms with Crippen molar-refractivity contribution in [2.24, 2.45) is 0 Å². The van der Waals surface area contributed by atoms with Crippen LogP contribution in [0.4, 0.5) is 5.69 Å². The molecule has 0 aliphatic carbocycles. The molecule has 0 bridgehead atoms. The highest BCUT2D eigenvalue weighted by atomic mass is 32.2. The van der Waals surface area contributed by atoms with Crippen molar-refractivity contribution in [3.05, 3.63) is 35.0 Å². The van der Waals surface area contributed by atoms with Gasteiger partial charge in [-0.15, -0.1) is 0 Å². The van der Waals surface area contributed by atoms with Crippen molar-refractivity contribution in [1.29, 1.82) is 0 Å². The standard InChI is InChI=1S/C12H16N4O3S/c1-7-4-10(13)5-11(8(7)2)20(17,18)14-6-12-15-9(3)19-16-12/h4-5,14H,6,13H2,1-3H3. The molecule has 3 N–H and O–H groups in total. The van der Waals surface area contributed by atoms with Crippen molar-refractivity contribution in [3.63, 3.8) is 0 Å². The maximum Gasteiger partial charge on any atom is 0.241 e. The fourth-order valence-corrected chi connectivity index (χ4v) is 3.11. The monoisotopic (exact) mass is 296 g/mol. The lowest BCUT2D eigenvalue weighted by Gasteiger charge is -2.11. The zero-order valence-electron chi connectivity index (χ0n) is 11.5. The van der Waals surface area contributed by atoms with Gasteiger partial charge >= 0.3 is 0 Å². The number of anilines is 1. The van der Waals surface area contributed by atoms with E-state index in [4.69, 9.17) is 10.3 Å². The van der Waals surface area contributed by atoms with Gasteiger partial charge in [0, 0.05) is 12.6 Å². The number of benzene rings is 1. The number of nitrogens with zero attached hydrogens (tertiary/aromatic N) is 2. The maximum absolute atomic E-state index is 12.3. The lowest BCUT2D eigenvalue weighted by molar-refractivity contribution is 0.387. The summed E-state index contributed by atoms with van der Waals surface area (Å²) in [6.07, 6.45) is 0. The SMILES string of the molecule is Cc1nc(CNS(=O)(=O)c2cc(N)cc(C)c2C)no1. The van der Waals surface area contributed by atoms with Crippen molar-refractivity contribution in [2.45, 2.75) is 32.2 Å². The van der Waals surface area contributed by atoms with Crippen LogP contribution in [0.5, 0.6) is 0 Å². The molecule has 20 heavy (non-hydrogen) atoms. The highest BCUT2D eigenvalue weighted by molar-refractivity contribution is 7.89. The van der Waals surface area contributed by atoms with Gasteiger partial charge in [0.15, 0.2) is 5.82 Å². The number of hydrogen-bond acceptors (Lipinski definition) is 6. The predicted octanol–water partition coefficient (Wildman–Crippen LogP) is 1.06.